The predicted octanol–water partition coefficient (Wildman–Crippen LogP) is 3.37. The summed E-state index contributed by atoms with van der Waals surface area (Å²) in [6, 6.07) is 11.3. The average Bonchev–Trinajstić information content (AvgIpc) is 2.77. The summed E-state index contributed by atoms with van der Waals surface area (Å²) in [5.41, 5.74) is 3.15. The van der Waals surface area contributed by atoms with Crippen LogP contribution >= 0.6 is 0 Å². The Kier molecular flexibility index (Phi) is 5.69. The number of ether oxygens (including phenoxy) is 4. The van der Waals surface area contributed by atoms with Gasteiger partial charge in [-0.1, -0.05) is 10.3 Å². The highest BCUT2D eigenvalue weighted by Gasteiger charge is 2.14. The third kappa shape index (κ3) is 4.53. The summed E-state index contributed by atoms with van der Waals surface area (Å²) < 4.78 is 22.2. The molecular weight excluding hydrogens is 376 g/mol. The number of fused-ring (bicyclic) bond motifs is 2. The van der Waals surface area contributed by atoms with Gasteiger partial charge in [0.05, 0.1) is 11.4 Å². The van der Waals surface area contributed by atoms with E-state index in [1.54, 1.807) is 0 Å². The highest BCUT2D eigenvalue weighted by Crippen LogP contribution is 2.31. The van der Waals surface area contributed by atoms with E-state index in [1.807, 2.05) is 50.2 Å². The van der Waals surface area contributed by atoms with Crippen molar-refractivity contribution in [2.75, 3.05) is 33.2 Å². The lowest BCUT2D eigenvalue weighted by atomic mass is 10.1. The Bertz CT molecular complexity index is 865. The van der Waals surface area contributed by atoms with E-state index >= 15 is 0 Å². The molecule has 0 radical (unpaired) electrons. The molecule has 0 saturated heterocycles. The molecule has 2 aromatic carbocycles. The van der Waals surface area contributed by atoms with Gasteiger partial charge in [-0.3, -0.25) is 0 Å². The Hall–Kier alpha value is -3.42. The van der Waals surface area contributed by atoms with Gasteiger partial charge in [-0.2, -0.15) is 0 Å². The van der Waals surface area contributed by atoms with E-state index in [0.29, 0.717) is 49.3 Å². The first kappa shape index (κ1) is 18.9. The standard InChI is InChI=1S/C21H22N2O6/c1-14(16-3-5-18-20(11-16)26-9-7-24-18)22-28-13-29-23-15(2)17-4-6-19-21(12-17)27-10-8-25-19/h3-6,11-12H,7-10,13H2,1-2H3. The van der Waals surface area contributed by atoms with Crippen LogP contribution in [0.1, 0.15) is 25.0 Å². The van der Waals surface area contributed by atoms with Crippen LogP contribution in [-0.4, -0.2) is 44.6 Å². The van der Waals surface area contributed by atoms with Gasteiger partial charge in [0.25, 0.3) is 6.79 Å². The van der Waals surface area contributed by atoms with E-state index in [0.717, 1.165) is 22.6 Å². The van der Waals surface area contributed by atoms with E-state index in [1.165, 1.54) is 0 Å². The number of rotatable bonds is 6. The van der Waals surface area contributed by atoms with Crippen LogP contribution in [-0.2, 0) is 9.68 Å². The van der Waals surface area contributed by atoms with Crippen LogP contribution in [0, 0.1) is 0 Å². The maximum absolute atomic E-state index is 5.58. The van der Waals surface area contributed by atoms with Crippen molar-refractivity contribution in [3.8, 4) is 23.0 Å². The zero-order valence-electron chi connectivity index (χ0n) is 16.3. The van der Waals surface area contributed by atoms with Crippen LogP contribution in [0.15, 0.2) is 46.7 Å². The Morgan fingerprint density at radius 1 is 0.690 bits per heavy atom. The third-order valence-corrected chi connectivity index (χ3v) is 4.43. The SMILES string of the molecule is CC(=NOCON=C(C)c1ccc2c(c1)OCCO2)c1ccc2c(c1)OCCO2. The van der Waals surface area contributed by atoms with Gasteiger partial charge in [0, 0.05) is 11.1 Å². The third-order valence-electron chi connectivity index (χ3n) is 4.43. The number of hydrogen-bond acceptors (Lipinski definition) is 8. The summed E-state index contributed by atoms with van der Waals surface area (Å²) in [4.78, 5) is 10.4. The van der Waals surface area contributed by atoms with Gasteiger partial charge in [-0.05, 0) is 50.2 Å². The molecule has 8 heteroatoms. The van der Waals surface area contributed by atoms with Crippen LogP contribution in [0.3, 0.4) is 0 Å². The van der Waals surface area contributed by atoms with Crippen molar-refractivity contribution in [2.45, 2.75) is 13.8 Å². The summed E-state index contributed by atoms with van der Waals surface area (Å²) >= 11 is 0. The molecule has 0 N–H and O–H groups in total. The van der Waals surface area contributed by atoms with Crippen LogP contribution in [0.2, 0.25) is 0 Å². The second-order valence-corrected chi connectivity index (χ2v) is 6.45. The fraction of sp³-hybridized carbons (Fsp3) is 0.333. The zero-order chi connectivity index (χ0) is 20.1. The van der Waals surface area contributed by atoms with E-state index in [-0.39, 0.29) is 6.79 Å². The maximum atomic E-state index is 5.58. The first-order valence-corrected chi connectivity index (χ1v) is 9.34. The monoisotopic (exact) mass is 398 g/mol. The van der Waals surface area contributed by atoms with Gasteiger partial charge >= 0.3 is 0 Å². The molecular formula is C21H22N2O6. The minimum absolute atomic E-state index is 0.107. The van der Waals surface area contributed by atoms with Crippen molar-refractivity contribution in [1.82, 2.24) is 0 Å². The molecule has 0 atom stereocenters. The first-order chi connectivity index (χ1) is 14.2. The quantitative estimate of drug-likeness (QED) is 0.321. The molecule has 4 rings (SSSR count). The van der Waals surface area contributed by atoms with E-state index in [2.05, 4.69) is 10.3 Å². The molecule has 29 heavy (non-hydrogen) atoms. The normalized spacial score (nSPS) is 15.7. The van der Waals surface area contributed by atoms with Crippen molar-refractivity contribution >= 4 is 11.4 Å². The Labute approximate surface area is 168 Å². The largest absolute Gasteiger partial charge is 0.486 e. The zero-order valence-corrected chi connectivity index (χ0v) is 16.3. The number of oxime groups is 2. The molecule has 0 spiro atoms. The highest BCUT2D eigenvalue weighted by atomic mass is 16.8. The van der Waals surface area contributed by atoms with E-state index in [4.69, 9.17) is 28.6 Å². The Morgan fingerprint density at radius 3 is 1.55 bits per heavy atom. The highest BCUT2D eigenvalue weighted by molar-refractivity contribution is 5.99. The van der Waals surface area contributed by atoms with E-state index < -0.39 is 0 Å². The number of benzene rings is 2. The molecule has 0 aliphatic carbocycles. The first-order valence-electron chi connectivity index (χ1n) is 9.34. The second kappa shape index (κ2) is 8.72. The lowest BCUT2D eigenvalue weighted by Crippen LogP contribution is -2.15. The topological polar surface area (TPSA) is 80.1 Å². The molecule has 152 valence electrons. The average molecular weight is 398 g/mol. The van der Waals surface area contributed by atoms with Gasteiger partial charge in [0.15, 0.2) is 23.0 Å². The van der Waals surface area contributed by atoms with Crippen LogP contribution < -0.4 is 18.9 Å². The molecule has 0 amide bonds. The van der Waals surface area contributed by atoms with Gasteiger partial charge in [0.2, 0.25) is 0 Å². The predicted molar refractivity (Wildman–Crippen MR) is 106 cm³/mol. The van der Waals surface area contributed by atoms with Gasteiger partial charge in [-0.25, -0.2) is 0 Å². The van der Waals surface area contributed by atoms with Gasteiger partial charge < -0.3 is 28.6 Å². The molecule has 2 aliphatic heterocycles. The van der Waals surface area contributed by atoms with Crippen molar-refractivity contribution in [3.63, 3.8) is 0 Å². The molecule has 0 saturated carbocycles. The molecule has 0 fully saturated rings. The fourth-order valence-corrected chi connectivity index (χ4v) is 2.91. The summed E-state index contributed by atoms with van der Waals surface area (Å²) in [5, 5.41) is 8.12. The fourth-order valence-electron chi connectivity index (χ4n) is 2.91. The molecule has 2 aromatic rings. The molecule has 2 heterocycles. The minimum Gasteiger partial charge on any atom is -0.486 e. The summed E-state index contributed by atoms with van der Waals surface area (Å²) in [6.45, 7) is 5.78. The van der Waals surface area contributed by atoms with Crippen molar-refractivity contribution < 1.29 is 28.6 Å². The smallest absolute Gasteiger partial charge is 0.280 e. The lowest BCUT2D eigenvalue weighted by Gasteiger charge is -2.18. The maximum Gasteiger partial charge on any atom is 0.280 e. The van der Waals surface area contributed by atoms with Gasteiger partial charge in [-0.15, -0.1) is 0 Å². The molecule has 2 aliphatic rings. The number of nitrogens with zero attached hydrogens (tertiary/aromatic N) is 2. The lowest BCUT2D eigenvalue weighted by molar-refractivity contribution is -0.0505. The van der Waals surface area contributed by atoms with Crippen LogP contribution in [0.25, 0.3) is 0 Å². The Balaban J connectivity index is 1.30. The van der Waals surface area contributed by atoms with E-state index in [9.17, 15) is 0 Å². The number of hydrogen-bond donors (Lipinski definition) is 0. The van der Waals surface area contributed by atoms with Crippen molar-refractivity contribution in [3.05, 3.63) is 47.5 Å². The Morgan fingerprint density at radius 2 is 1.10 bits per heavy atom. The van der Waals surface area contributed by atoms with Crippen molar-refractivity contribution in [2.24, 2.45) is 10.3 Å². The molecule has 8 nitrogen and oxygen atoms in total. The van der Waals surface area contributed by atoms with Crippen LogP contribution in [0.5, 0.6) is 23.0 Å². The minimum atomic E-state index is -0.107. The summed E-state index contributed by atoms with van der Waals surface area (Å²) in [5.74, 6) is 2.89. The molecule has 0 aromatic heterocycles. The van der Waals surface area contributed by atoms with Gasteiger partial charge in [0.1, 0.15) is 26.4 Å². The second-order valence-electron chi connectivity index (χ2n) is 6.45. The molecule has 0 unspecified atom stereocenters. The van der Waals surface area contributed by atoms with Crippen molar-refractivity contribution in [1.29, 1.82) is 0 Å². The van der Waals surface area contributed by atoms with Crippen LogP contribution in [0.4, 0.5) is 0 Å². The molecule has 0 bridgehead atoms. The summed E-state index contributed by atoms with van der Waals surface area (Å²) in [6.07, 6.45) is 0. The summed E-state index contributed by atoms with van der Waals surface area (Å²) in [7, 11) is 0.